The van der Waals surface area contributed by atoms with Gasteiger partial charge in [0.1, 0.15) is 11.6 Å². The van der Waals surface area contributed by atoms with Crippen LogP contribution in [0.3, 0.4) is 0 Å². The Kier molecular flexibility index (Phi) is 4.01. The Hall–Kier alpha value is -1.26. The minimum absolute atomic E-state index is 0.435. The van der Waals surface area contributed by atoms with Gasteiger partial charge in [-0.3, -0.25) is 4.90 Å². The van der Waals surface area contributed by atoms with Gasteiger partial charge < -0.3 is 9.84 Å². The zero-order valence-electron chi connectivity index (χ0n) is 10.9. The van der Waals surface area contributed by atoms with E-state index in [1.54, 1.807) is 20.8 Å². The minimum Gasteiger partial charge on any atom is -0.480 e. The molecule has 0 aromatic heterocycles. The lowest BCUT2D eigenvalue weighted by atomic mass is 10.2. The average Bonchev–Trinajstić information content (AvgIpc) is 2.93. The van der Waals surface area contributed by atoms with Crippen LogP contribution in [-0.2, 0) is 9.53 Å². The number of aliphatic carboxylic acids is 1. The minimum atomic E-state index is -1.00. The maximum Gasteiger partial charge on any atom is 0.411 e. The van der Waals surface area contributed by atoms with Gasteiger partial charge in [-0.1, -0.05) is 0 Å². The number of carboxylic acids is 1. The lowest BCUT2D eigenvalue weighted by Gasteiger charge is -2.29. The van der Waals surface area contributed by atoms with E-state index >= 15 is 0 Å². The van der Waals surface area contributed by atoms with Gasteiger partial charge >= 0.3 is 12.1 Å². The first kappa shape index (κ1) is 13.8. The van der Waals surface area contributed by atoms with Gasteiger partial charge in [0.05, 0.1) is 0 Å². The van der Waals surface area contributed by atoms with Crippen LogP contribution in [0.15, 0.2) is 0 Å². The van der Waals surface area contributed by atoms with Crippen molar-refractivity contribution in [3.63, 3.8) is 0 Å². The normalized spacial score (nSPS) is 17.4. The summed E-state index contributed by atoms with van der Waals surface area (Å²) in [6.45, 7) is 7.29. The number of ether oxygens (including phenoxy) is 1. The van der Waals surface area contributed by atoms with Crippen molar-refractivity contribution in [3.8, 4) is 0 Å². The molecule has 0 aromatic carbocycles. The van der Waals surface area contributed by atoms with Crippen LogP contribution in [0.4, 0.5) is 4.79 Å². The predicted octanol–water partition coefficient (Wildman–Crippen LogP) is 2.11. The molecule has 1 atom stereocenters. The Morgan fingerprint density at radius 2 is 1.94 bits per heavy atom. The van der Waals surface area contributed by atoms with Crippen molar-refractivity contribution in [2.75, 3.05) is 6.54 Å². The summed E-state index contributed by atoms with van der Waals surface area (Å²) in [5.41, 5.74) is -0.600. The van der Waals surface area contributed by atoms with E-state index in [1.165, 1.54) is 11.8 Å². The van der Waals surface area contributed by atoms with E-state index in [0.717, 1.165) is 12.8 Å². The molecule has 0 bridgehead atoms. The Labute approximate surface area is 102 Å². The maximum atomic E-state index is 11.9. The topological polar surface area (TPSA) is 66.8 Å². The molecule has 0 heterocycles. The number of carboxylic acid groups (broad SMARTS) is 1. The molecule has 0 spiro atoms. The zero-order chi connectivity index (χ0) is 13.2. The third-order valence-electron chi connectivity index (χ3n) is 2.60. The highest BCUT2D eigenvalue weighted by atomic mass is 16.6. The molecule has 0 aromatic rings. The van der Waals surface area contributed by atoms with Crippen LogP contribution in [-0.4, -0.2) is 40.3 Å². The van der Waals surface area contributed by atoms with Crippen molar-refractivity contribution in [2.45, 2.75) is 52.2 Å². The van der Waals surface area contributed by atoms with Crippen LogP contribution in [0.25, 0.3) is 0 Å². The van der Waals surface area contributed by atoms with Crippen molar-refractivity contribution in [1.29, 1.82) is 0 Å². The number of hydrogen-bond donors (Lipinski definition) is 1. The number of rotatable bonds is 4. The second-order valence-corrected chi connectivity index (χ2v) is 5.59. The van der Waals surface area contributed by atoms with Gasteiger partial charge in [-0.25, -0.2) is 9.59 Å². The molecule has 1 aliphatic carbocycles. The van der Waals surface area contributed by atoms with Gasteiger partial charge in [-0.15, -0.1) is 0 Å². The lowest BCUT2D eigenvalue weighted by molar-refractivity contribution is -0.142. The highest BCUT2D eigenvalue weighted by Gasteiger charge is 2.34. The molecular formula is C12H21NO4. The molecule has 0 aliphatic heterocycles. The molecule has 0 unspecified atom stereocenters. The molecular weight excluding hydrogens is 222 g/mol. The second-order valence-electron chi connectivity index (χ2n) is 5.59. The number of amides is 1. The molecule has 1 fully saturated rings. The summed E-state index contributed by atoms with van der Waals surface area (Å²) in [6, 6.07) is -0.842. The largest absolute Gasteiger partial charge is 0.480 e. The van der Waals surface area contributed by atoms with Gasteiger partial charge in [0, 0.05) is 6.54 Å². The second kappa shape index (κ2) is 4.94. The van der Waals surface area contributed by atoms with Crippen LogP contribution in [0.1, 0.15) is 40.5 Å². The molecule has 0 saturated heterocycles. The molecule has 1 amide bonds. The fourth-order valence-electron chi connectivity index (χ4n) is 1.42. The Bertz CT molecular complexity index is 304. The summed E-state index contributed by atoms with van der Waals surface area (Å²) in [4.78, 5) is 24.2. The average molecular weight is 243 g/mol. The van der Waals surface area contributed by atoms with E-state index in [0.29, 0.717) is 12.5 Å². The van der Waals surface area contributed by atoms with Crippen LogP contribution in [0.5, 0.6) is 0 Å². The summed E-state index contributed by atoms with van der Waals surface area (Å²) in [7, 11) is 0. The first-order valence-corrected chi connectivity index (χ1v) is 5.93. The van der Waals surface area contributed by atoms with E-state index in [4.69, 9.17) is 9.84 Å². The summed E-state index contributed by atoms with van der Waals surface area (Å²) >= 11 is 0. The SMILES string of the molecule is C[C@@H](C(=O)O)N(CC1CC1)C(=O)OC(C)(C)C. The molecule has 1 N–H and O–H groups in total. The molecule has 5 nitrogen and oxygen atoms in total. The van der Waals surface area contributed by atoms with Crippen LogP contribution in [0, 0.1) is 5.92 Å². The van der Waals surface area contributed by atoms with Crippen LogP contribution < -0.4 is 0 Å². The third-order valence-corrected chi connectivity index (χ3v) is 2.60. The third kappa shape index (κ3) is 4.63. The van der Waals surface area contributed by atoms with Crippen molar-refractivity contribution < 1.29 is 19.4 Å². The predicted molar refractivity (Wildman–Crippen MR) is 62.8 cm³/mol. The van der Waals surface area contributed by atoms with E-state index in [2.05, 4.69) is 0 Å². The van der Waals surface area contributed by atoms with E-state index < -0.39 is 23.7 Å². The van der Waals surface area contributed by atoms with Crippen molar-refractivity contribution in [1.82, 2.24) is 4.90 Å². The number of carbonyl (C=O) groups is 2. The number of carbonyl (C=O) groups excluding carboxylic acids is 1. The molecule has 0 radical (unpaired) electrons. The summed E-state index contributed by atoms with van der Waals surface area (Å²) < 4.78 is 5.22. The molecule has 1 aliphatic rings. The monoisotopic (exact) mass is 243 g/mol. The molecule has 17 heavy (non-hydrogen) atoms. The first-order valence-electron chi connectivity index (χ1n) is 5.93. The van der Waals surface area contributed by atoms with Crippen molar-refractivity contribution in [2.24, 2.45) is 5.92 Å². The first-order chi connectivity index (χ1) is 7.70. The van der Waals surface area contributed by atoms with E-state index in [-0.39, 0.29) is 0 Å². The van der Waals surface area contributed by atoms with Gasteiger partial charge in [0.15, 0.2) is 0 Å². The van der Waals surface area contributed by atoms with E-state index in [1.807, 2.05) is 0 Å². The Morgan fingerprint density at radius 3 is 2.29 bits per heavy atom. The molecule has 5 heteroatoms. The maximum absolute atomic E-state index is 11.9. The van der Waals surface area contributed by atoms with Gasteiger partial charge in [-0.2, -0.15) is 0 Å². The van der Waals surface area contributed by atoms with Crippen molar-refractivity contribution >= 4 is 12.1 Å². The fourth-order valence-corrected chi connectivity index (χ4v) is 1.42. The summed E-state index contributed by atoms with van der Waals surface area (Å²) in [6.07, 6.45) is 1.58. The molecule has 98 valence electrons. The highest BCUT2D eigenvalue weighted by molar-refractivity contribution is 5.79. The van der Waals surface area contributed by atoms with Crippen LogP contribution >= 0.6 is 0 Å². The number of nitrogens with zero attached hydrogens (tertiary/aromatic N) is 1. The highest BCUT2D eigenvalue weighted by Crippen LogP contribution is 2.30. The van der Waals surface area contributed by atoms with E-state index in [9.17, 15) is 9.59 Å². The Balaban J connectivity index is 2.67. The quantitative estimate of drug-likeness (QED) is 0.821. The van der Waals surface area contributed by atoms with Crippen molar-refractivity contribution in [3.05, 3.63) is 0 Å². The fraction of sp³-hybridized carbons (Fsp3) is 0.833. The smallest absolute Gasteiger partial charge is 0.411 e. The number of hydrogen-bond acceptors (Lipinski definition) is 3. The Morgan fingerprint density at radius 1 is 1.41 bits per heavy atom. The van der Waals surface area contributed by atoms with Crippen LogP contribution in [0.2, 0.25) is 0 Å². The molecule has 1 saturated carbocycles. The molecule has 1 rings (SSSR count). The van der Waals surface area contributed by atoms with Gasteiger partial charge in [-0.05, 0) is 46.5 Å². The summed E-state index contributed by atoms with van der Waals surface area (Å²) in [5.74, 6) is -0.569. The van der Waals surface area contributed by atoms with Gasteiger partial charge in [0.2, 0.25) is 0 Å². The zero-order valence-corrected chi connectivity index (χ0v) is 10.9. The lowest BCUT2D eigenvalue weighted by Crippen LogP contribution is -2.46. The van der Waals surface area contributed by atoms with Gasteiger partial charge in [0.25, 0.3) is 0 Å². The standard InChI is InChI=1S/C12H21NO4/c1-8(10(14)15)13(7-9-5-6-9)11(16)17-12(2,3)4/h8-9H,5-7H2,1-4H3,(H,14,15)/t8-/m0/s1. The summed E-state index contributed by atoms with van der Waals surface area (Å²) in [5, 5.41) is 8.98.